The number of methoxy groups -OCH3 is 1. The van der Waals surface area contributed by atoms with Crippen LogP contribution in [-0.2, 0) is 25.3 Å². The first kappa shape index (κ1) is 28.4. The van der Waals surface area contributed by atoms with Crippen molar-refractivity contribution >= 4 is 14.3 Å². The Morgan fingerprint density at radius 2 is 1.66 bits per heavy atom. The van der Waals surface area contributed by atoms with Crippen LogP contribution in [0.4, 0.5) is 0 Å². The Kier molecular flexibility index (Phi) is 10.7. The molecular weight excluding hydrogens is 420 g/mol. The fourth-order valence-corrected chi connectivity index (χ4v) is 4.22. The third-order valence-electron chi connectivity index (χ3n) is 5.72. The highest BCUT2D eigenvalue weighted by Gasteiger charge is 2.40. The van der Waals surface area contributed by atoms with Gasteiger partial charge in [0.1, 0.15) is 11.4 Å². The van der Waals surface area contributed by atoms with E-state index in [0.29, 0.717) is 19.6 Å². The topological polar surface area (TPSA) is 54.0 Å². The highest BCUT2D eigenvalue weighted by molar-refractivity contribution is 6.74. The minimum absolute atomic E-state index is 0.0366. The van der Waals surface area contributed by atoms with E-state index in [0.717, 1.165) is 11.3 Å². The van der Waals surface area contributed by atoms with Gasteiger partial charge in [-0.2, -0.15) is 0 Å². The van der Waals surface area contributed by atoms with Crippen molar-refractivity contribution in [2.75, 3.05) is 13.7 Å². The Hall–Kier alpha value is -1.63. The van der Waals surface area contributed by atoms with Gasteiger partial charge < -0.3 is 18.6 Å². The average Bonchev–Trinajstić information content (AvgIpc) is 2.65. The number of carbonyl (C=O) groups is 1. The van der Waals surface area contributed by atoms with Gasteiger partial charge >= 0.3 is 5.97 Å². The minimum Gasteiger partial charge on any atom is -0.497 e. The van der Waals surface area contributed by atoms with Crippen LogP contribution in [0.15, 0.2) is 36.4 Å². The van der Waals surface area contributed by atoms with Crippen LogP contribution in [0.5, 0.6) is 5.75 Å². The van der Waals surface area contributed by atoms with E-state index in [4.69, 9.17) is 18.6 Å². The molecule has 6 heteroatoms. The van der Waals surface area contributed by atoms with E-state index in [1.807, 2.05) is 51.1 Å². The second-order valence-electron chi connectivity index (χ2n) is 10.9. The number of hydrogen-bond acceptors (Lipinski definition) is 5. The molecule has 0 bridgehead atoms. The molecule has 0 aromatic heterocycles. The SMILES string of the molecule is COc1ccc(COC[C@@H](C)[C@H](C/C=C/C(=O)OC(C)(C)C)O[Si](C)(C)C(C)(C)C)cc1. The number of esters is 1. The predicted octanol–water partition coefficient (Wildman–Crippen LogP) is 6.53. The summed E-state index contributed by atoms with van der Waals surface area (Å²) >= 11 is 0. The van der Waals surface area contributed by atoms with E-state index < -0.39 is 13.9 Å². The first-order valence-electron chi connectivity index (χ1n) is 11.4. The maximum atomic E-state index is 12.1. The molecule has 0 radical (unpaired) electrons. The fourth-order valence-electron chi connectivity index (χ4n) is 2.78. The van der Waals surface area contributed by atoms with E-state index in [1.54, 1.807) is 7.11 Å². The number of rotatable bonds is 11. The molecule has 0 heterocycles. The van der Waals surface area contributed by atoms with Gasteiger partial charge in [-0.3, -0.25) is 0 Å². The summed E-state index contributed by atoms with van der Waals surface area (Å²) in [6.45, 7) is 20.1. The first-order chi connectivity index (χ1) is 14.6. The van der Waals surface area contributed by atoms with E-state index in [9.17, 15) is 4.79 Å². The summed E-state index contributed by atoms with van der Waals surface area (Å²) in [4.78, 5) is 12.1. The quantitative estimate of drug-likeness (QED) is 0.212. The summed E-state index contributed by atoms with van der Waals surface area (Å²) in [7, 11) is -0.320. The van der Waals surface area contributed by atoms with Crippen molar-refractivity contribution in [2.45, 2.75) is 91.3 Å². The Bertz CT molecular complexity index is 726. The van der Waals surface area contributed by atoms with Crippen LogP contribution < -0.4 is 4.74 Å². The molecule has 1 aromatic carbocycles. The van der Waals surface area contributed by atoms with Gasteiger partial charge in [-0.05, 0) is 63.0 Å². The maximum Gasteiger partial charge on any atom is 0.330 e. The predicted molar refractivity (Wildman–Crippen MR) is 133 cm³/mol. The van der Waals surface area contributed by atoms with Crippen LogP contribution in [0.2, 0.25) is 18.1 Å². The number of carbonyl (C=O) groups excluding carboxylic acids is 1. The summed E-state index contributed by atoms with van der Waals surface area (Å²) in [6, 6.07) is 7.90. The van der Waals surface area contributed by atoms with Crippen molar-refractivity contribution in [3.05, 3.63) is 42.0 Å². The van der Waals surface area contributed by atoms with Crippen LogP contribution in [0.25, 0.3) is 0 Å². The highest BCUT2D eigenvalue weighted by atomic mass is 28.4. The summed E-state index contributed by atoms with van der Waals surface area (Å²) in [5.41, 5.74) is 0.603. The molecule has 0 unspecified atom stereocenters. The van der Waals surface area contributed by atoms with Crippen LogP contribution in [-0.4, -0.2) is 39.7 Å². The van der Waals surface area contributed by atoms with Gasteiger partial charge in [0.25, 0.3) is 0 Å². The second-order valence-corrected chi connectivity index (χ2v) is 15.7. The smallest absolute Gasteiger partial charge is 0.330 e. The lowest BCUT2D eigenvalue weighted by Crippen LogP contribution is -2.46. The molecule has 0 amide bonds. The van der Waals surface area contributed by atoms with E-state index in [-0.39, 0.29) is 23.0 Å². The molecule has 0 N–H and O–H groups in total. The van der Waals surface area contributed by atoms with Gasteiger partial charge in [-0.1, -0.05) is 45.9 Å². The molecule has 0 spiro atoms. The Morgan fingerprint density at radius 3 is 2.16 bits per heavy atom. The molecule has 1 rings (SSSR count). The molecular formula is C26H44O5Si. The lowest BCUT2D eigenvalue weighted by atomic mass is 10.0. The molecule has 1 aromatic rings. The summed E-state index contributed by atoms with van der Waals surface area (Å²) in [6.07, 6.45) is 3.98. The van der Waals surface area contributed by atoms with Gasteiger partial charge in [0, 0.05) is 12.0 Å². The van der Waals surface area contributed by atoms with Crippen molar-refractivity contribution in [3.63, 3.8) is 0 Å². The standard InChI is InChI=1S/C26H44O5Si/c1-20(18-29-19-21-14-16-22(28-8)17-15-21)23(31-32(9,10)26(5,6)7)12-11-13-24(27)30-25(2,3)4/h11,13-17,20,23H,12,18-19H2,1-10H3/b13-11+/t20-,23+/m1/s1. The van der Waals surface area contributed by atoms with Crippen LogP contribution >= 0.6 is 0 Å². The van der Waals surface area contributed by atoms with Crippen molar-refractivity contribution in [1.82, 2.24) is 0 Å². The second kappa shape index (κ2) is 12.0. The summed E-state index contributed by atoms with van der Waals surface area (Å²) in [5.74, 6) is 0.680. The Labute approximate surface area is 196 Å². The van der Waals surface area contributed by atoms with E-state index in [1.165, 1.54) is 6.08 Å². The normalized spacial score (nSPS) is 14.9. The number of benzene rings is 1. The third kappa shape index (κ3) is 10.3. The van der Waals surface area contributed by atoms with E-state index in [2.05, 4.69) is 40.8 Å². The summed E-state index contributed by atoms with van der Waals surface area (Å²) < 4.78 is 23.3. The molecule has 32 heavy (non-hydrogen) atoms. The van der Waals surface area contributed by atoms with Crippen LogP contribution in [0.1, 0.15) is 60.5 Å². The van der Waals surface area contributed by atoms with Gasteiger partial charge in [0.2, 0.25) is 0 Å². The minimum atomic E-state index is -1.98. The first-order valence-corrected chi connectivity index (χ1v) is 14.3. The third-order valence-corrected chi connectivity index (χ3v) is 10.2. The lowest BCUT2D eigenvalue weighted by Gasteiger charge is -2.40. The fraction of sp³-hybridized carbons (Fsp3) is 0.654. The zero-order valence-electron chi connectivity index (χ0n) is 21.8. The Morgan fingerprint density at radius 1 is 1.06 bits per heavy atom. The molecule has 0 saturated carbocycles. The lowest BCUT2D eigenvalue weighted by molar-refractivity contribution is -0.148. The molecule has 182 valence electrons. The highest BCUT2D eigenvalue weighted by Crippen LogP contribution is 2.38. The van der Waals surface area contributed by atoms with Gasteiger partial charge in [-0.15, -0.1) is 0 Å². The van der Waals surface area contributed by atoms with Crippen LogP contribution in [0, 0.1) is 5.92 Å². The van der Waals surface area contributed by atoms with Crippen molar-refractivity contribution < 1.29 is 23.4 Å². The molecule has 0 aliphatic carbocycles. The molecule has 0 aliphatic rings. The average molecular weight is 465 g/mol. The van der Waals surface area contributed by atoms with Crippen molar-refractivity contribution in [3.8, 4) is 5.75 Å². The van der Waals surface area contributed by atoms with Gasteiger partial charge in [0.05, 0.1) is 26.4 Å². The zero-order valence-corrected chi connectivity index (χ0v) is 22.8. The molecule has 5 nitrogen and oxygen atoms in total. The molecule has 0 fully saturated rings. The summed E-state index contributed by atoms with van der Waals surface area (Å²) in [5, 5.41) is 0.101. The maximum absolute atomic E-state index is 12.1. The number of ether oxygens (including phenoxy) is 3. The largest absolute Gasteiger partial charge is 0.497 e. The molecule has 0 aliphatic heterocycles. The molecule has 2 atom stereocenters. The van der Waals surface area contributed by atoms with E-state index >= 15 is 0 Å². The van der Waals surface area contributed by atoms with Crippen molar-refractivity contribution in [2.24, 2.45) is 5.92 Å². The Balaban J connectivity index is 2.78. The number of hydrogen-bond donors (Lipinski definition) is 0. The van der Waals surface area contributed by atoms with Gasteiger partial charge in [0.15, 0.2) is 8.32 Å². The molecule has 0 saturated heterocycles. The van der Waals surface area contributed by atoms with Crippen LogP contribution in [0.3, 0.4) is 0 Å². The monoisotopic (exact) mass is 464 g/mol. The van der Waals surface area contributed by atoms with Crippen molar-refractivity contribution in [1.29, 1.82) is 0 Å². The zero-order chi connectivity index (χ0) is 24.6. The van der Waals surface area contributed by atoms with Gasteiger partial charge in [-0.25, -0.2) is 4.79 Å².